The highest BCUT2D eigenvalue weighted by Gasteiger charge is 2.81. The molecule has 1 atom stereocenters. The number of hydrogen-bond acceptors (Lipinski definition) is 1. The van der Waals surface area contributed by atoms with Crippen molar-refractivity contribution in [1.82, 2.24) is 0 Å². The summed E-state index contributed by atoms with van der Waals surface area (Å²) in [6, 6.07) is 4.06. The maximum Gasteiger partial charge on any atom is 0.382 e. The largest absolute Gasteiger partial charge is 0.384 e. The van der Waals surface area contributed by atoms with Crippen LogP contribution in [0.1, 0.15) is 11.7 Å². The van der Waals surface area contributed by atoms with Crippen LogP contribution < -0.4 is 0 Å². The van der Waals surface area contributed by atoms with E-state index in [4.69, 9.17) is 11.6 Å². The number of benzene rings is 1. The van der Waals surface area contributed by atoms with Crippen LogP contribution in [0.3, 0.4) is 0 Å². The Labute approximate surface area is 118 Å². The van der Waals surface area contributed by atoms with Gasteiger partial charge in [-0.1, -0.05) is 23.7 Å². The summed E-state index contributed by atoms with van der Waals surface area (Å²) >= 11 is 5.50. The van der Waals surface area contributed by atoms with Crippen LogP contribution in [0.25, 0.3) is 0 Å². The molecular formula is C12H6ClF7O. The minimum absolute atomic E-state index is 0.120. The van der Waals surface area contributed by atoms with Gasteiger partial charge in [-0.05, 0) is 17.7 Å². The van der Waals surface area contributed by atoms with Gasteiger partial charge in [0.2, 0.25) is 0 Å². The molecule has 2 rings (SSSR count). The Hall–Kier alpha value is -1.28. The number of alkyl halides is 6. The van der Waals surface area contributed by atoms with E-state index >= 15 is 0 Å². The highest BCUT2D eigenvalue weighted by atomic mass is 35.5. The monoisotopic (exact) mass is 334 g/mol. The zero-order chi connectivity index (χ0) is 16.2. The molecule has 0 spiro atoms. The number of allylic oxidation sites excluding steroid dienone is 1. The summed E-state index contributed by atoms with van der Waals surface area (Å²) in [5.41, 5.74) is -2.82. The summed E-state index contributed by atoms with van der Waals surface area (Å²) in [7, 11) is 0. The van der Waals surface area contributed by atoms with Crippen LogP contribution >= 0.6 is 11.6 Å². The maximum atomic E-state index is 13.4. The van der Waals surface area contributed by atoms with E-state index in [2.05, 4.69) is 0 Å². The fourth-order valence-corrected chi connectivity index (χ4v) is 2.04. The second kappa shape index (κ2) is 4.61. The average molecular weight is 335 g/mol. The normalized spacial score (nSPS) is 24.2. The van der Waals surface area contributed by atoms with Gasteiger partial charge in [-0.25, -0.2) is 4.39 Å². The van der Waals surface area contributed by atoms with E-state index in [1.807, 2.05) is 0 Å². The van der Waals surface area contributed by atoms with E-state index in [-0.39, 0.29) is 5.02 Å². The van der Waals surface area contributed by atoms with E-state index in [0.717, 1.165) is 24.3 Å². The molecule has 1 aliphatic carbocycles. The van der Waals surface area contributed by atoms with Gasteiger partial charge >= 0.3 is 17.8 Å². The molecule has 116 valence electrons. The van der Waals surface area contributed by atoms with Gasteiger partial charge in [0, 0.05) is 5.02 Å². The molecule has 21 heavy (non-hydrogen) atoms. The van der Waals surface area contributed by atoms with Crippen LogP contribution in [0, 0.1) is 0 Å². The molecule has 0 amide bonds. The molecule has 0 bridgehead atoms. The van der Waals surface area contributed by atoms with Gasteiger partial charge in [0.1, 0.15) is 6.10 Å². The van der Waals surface area contributed by atoms with Gasteiger partial charge < -0.3 is 5.11 Å². The molecule has 1 aromatic carbocycles. The second-order valence-corrected chi connectivity index (χ2v) is 4.84. The molecule has 1 aromatic rings. The molecule has 0 radical (unpaired) electrons. The van der Waals surface area contributed by atoms with Crippen molar-refractivity contribution in [2.75, 3.05) is 0 Å². The van der Waals surface area contributed by atoms with E-state index in [1.165, 1.54) is 0 Å². The maximum absolute atomic E-state index is 13.4. The first-order valence-electron chi connectivity index (χ1n) is 5.42. The lowest BCUT2D eigenvalue weighted by molar-refractivity contribution is -0.269. The van der Waals surface area contributed by atoms with E-state index in [9.17, 15) is 35.8 Å². The SMILES string of the molecule is OC(C1=C(F)C(F)(F)C(F)(F)C1(F)F)c1ccc(Cl)cc1. The molecule has 0 aromatic heterocycles. The third-order valence-electron chi connectivity index (χ3n) is 3.10. The van der Waals surface area contributed by atoms with Crippen molar-refractivity contribution in [3.8, 4) is 0 Å². The lowest BCUT2D eigenvalue weighted by atomic mass is 9.97. The summed E-state index contributed by atoms with van der Waals surface area (Å²) in [4.78, 5) is 0. The molecule has 0 fully saturated rings. The highest BCUT2D eigenvalue weighted by molar-refractivity contribution is 6.30. The number of aliphatic hydroxyl groups is 1. The fraction of sp³-hybridized carbons (Fsp3) is 0.333. The van der Waals surface area contributed by atoms with Crippen LogP contribution in [0.2, 0.25) is 5.02 Å². The molecule has 0 heterocycles. The molecule has 1 N–H and O–H groups in total. The van der Waals surface area contributed by atoms with Crippen molar-refractivity contribution in [2.45, 2.75) is 23.9 Å². The zero-order valence-corrected chi connectivity index (χ0v) is 10.6. The topological polar surface area (TPSA) is 20.2 Å². The summed E-state index contributed by atoms with van der Waals surface area (Å²) in [6.07, 6.45) is -2.66. The van der Waals surface area contributed by atoms with Gasteiger partial charge in [-0.15, -0.1) is 0 Å². The molecule has 1 nitrogen and oxygen atoms in total. The Morgan fingerprint density at radius 2 is 1.38 bits per heavy atom. The number of rotatable bonds is 2. The lowest BCUT2D eigenvalue weighted by Crippen LogP contribution is -2.49. The van der Waals surface area contributed by atoms with E-state index in [0.29, 0.717) is 0 Å². The number of halogens is 8. The lowest BCUT2D eigenvalue weighted by Gasteiger charge is -2.25. The zero-order valence-electron chi connectivity index (χ0n) is 9.86. The smallest absolute Gasteiger partial charge is 0.382 e. The second-order valence-electron chi connectivity index (χ2n) is 4.40. The summed E-state index contributed by atoms with van der Waals surface area (Å²) < 4.78 is 92.3. The van der Waals surface area contributed by atoms with Crippen molar-refractivity contribution in [3.05, 3.63) is 46.3 Å². The van der Waals surface area contributed by atoms with Gasteiger partial charge in [0.05, 0.1) is 5.57 Å². The molecule has 0 saturated heterocycles. The van der Waals surface area contributed by atoms with Crippen molar-refractivity contribution >= 4 is 11.6 Å². The van der Waals surface area contributed by atoms with E-state index in [1.54, 1.807) is 0 Å². The summed E-state index contributed by atoms with van der Waals surface area (Å²) in [6.45, 7) is 0. The quantitative estimate of drug-likeness (QED) is 0.789. The third kappa shape index (κ3) is 2.03. The first kappa shape index (κ1) is 16.1. The molecule has 0 saturated carbocycles. The molecule has 0 aliphatic heterocycles. The Balaban J connectivity index is 2.56. The fourth-order valence-electron chi connectivity index (χ4n) is 1.91. The van der Waals surface area contributed by atoms with Crippen LogP contribution in [-0.4, -0.2) is 22.9 Å². The van der Waals surface area contributed by atoms with Crippen LogP contribution in [0.5, 0.6) is 0 Å². The minimum Gasteiger partial charge on any atom is -0.384 e. The third-order valence-corrected chi connectivity index (χ3v) is 3.35. The minimum atomic E-state index is -5.97. The van der Waals surface area contributed by atoms with Crippen molar-refractivity contribution in [2.24, 2.45) is 0 Å². The van der Waals surface area contributed by atoms with Gasteiger partial charge in [0.25, 0.3) is 0 Å². The Kier molecular flexibility index (Phi) is 3.53. The van der Waals surface area contributed by atoms with E-state index < -0.39 is 40.8 Å². The molecule has 1 aliphatic rings. The molecule has 1 unspecified atom stereocenters. The highest BCUT2D eigenvalue weighted by Crippen LogP contribution is 2.61. The summed E-state index contributed by atoms with van der Waals surface area (Å²) in [5, 5.41) is 9.71. The number of hydrogen-bond donors (Lipinski definition) is 1. The van der Waals surface area contributed by atoms with Gasteiger partial charge in [-0.3, -0.25) is 0 Å². The predicted molar refractivity (Wildman–Crippen MR) is 59.4 cm³/mol. The molecule has 9 heteroatoms. The first-order chi connectivity index (χ1) is 9.44. The van der Waals surface area contributed by atoms with Gasteiger partial charge in [0.15, 0.2) is 5.83 Å². The molecular weight excluding hydrogens is 329 g/mol. The Bertz CT molecular complexity index is 594. The van der Waals surface area contributed by atoms with Crippen LogP contribution in [0.4, 0.5) is 30.7 Å². The predicted octanol–water partition coefficient (Wildman–Crippen LogP) is 4.52. The van der Waals surface area contributed by atoms with Gasteiger partial charge in [-0.2, -0.15) is 26.3 Å². The first-order valence-corrected chi connectivity index (χ1v) is 5.80. The van der Waals surface area contributed by atoms with Crippen LogP contribution in [-0.2, 0) is 0 Å². The van der Waals surface area contributed by atoms with Crippen molar-refractivity contribution in [1.29, 1.82) is 0 Å². The average Bonchev–Trinajstić information content (AvgIpc) is 2.46. The van der Waals surface area contributed by atoms with Crippen molar-refractivity contribution in [3.63, 3.8) is 0 Å². The summed E-state index contributed by atoms with van der Waals surface area (Å²) in [5.74, 6) is -20.2. The van der Waals surface area contributed by atoms with Crippen LogP contribution in [0.15, 0.2) is 35.7 Å². The standard InChI is InChI=1S/C12H6ClF7O/c13-6-3-1-5(2-4-6)8(21)7-9(14)11(17,18)12(19,20)10(7,15)16/h1-4,8,21H. The Morgan fingerprint density at radius 1 is 0.905 bits per heavy atom. The Morgan fingerprint density at radius 3 is 1.76 bits per heavy atom. The van der Waals surface area contributed by atoms with Crippen molar-refractivity contribution < 1.29 is 35.8 Å². The number of aliphatic hydroxyl groups excluding tert-OH is 1.